The van der Waals surface area contributed by atoms with E-state index in [-0.39, 0.29) is 18.1 Å². The second-order valence-electron chi connectivity index (χ2n) is 6.82. The molecule has 122 valence electrons. The van der Waals surface area contributed by atoms with Crippen LogP contribution in [0.1, 0.15) is 38.7 Å². The average Bonchev–Trinajstić information content (AvgIpc) is 2.44. The zero-order chi connectivity index (χ0) is 16.3. The number of likely N-dealkylation sites (tertiary alicyclic amines) is 1. The molecule has 1 saturated heterocycles. The van der Waals surface area contributed by atoms with Crippen LogP contribution in [0, 0.1) is 0 Å². The molecule has 2 N–H and O–H groups in total. The van der Waals surface area contributed by atoms with Crippen molar-refractivity contribution in [3.63, 3.8) is 0 Å². The van der Waals surface area contributed by atoms with Gasteiger partial charge in [0.15, 0.2) is 0 Å². The highest BCUT2D eigenvalue weighted by Gasteiger charge is 2.32. The van der Waals surface area contributed by atoms with Crippen molar-refractivity contribution in [1.82, 2.24) is 4.90 Å². The summed E-state index contributed by atoms with van der Waals surface area (Å²) in [5.74, 6) is 0.998. The topological polar surface area (TPSA) is 64.8 Å². The predicted octanol–water partition coefficient (Wildman–Crippen LogP) is 2.75. The van der Waals surface area contributed by atoms with E-state index in [4.69, 9.17) is 15.2 Å². The fraction of sp³-hybridized carbons (Fsp3) is 0.588. The Hall–Kier alpha value is -1.75. The molecule has 0 aromatic heterocycles. The van der Waals surface area contributed by atoms with Crippen LogP contribution in [0.25, 0.3) is 0 Å². The van der Waals surface area contributed by atoms with Crippen molar-refractivity contribution in [3.05, 3.63) is 29.8 Å². The number of carbonyl (C=O) groups is 1. The number of methoxy groups -OCH3 is 1. The van der Waals surface area contributed by atoms with E-state index in [0.717, 1.165) is 17.7 Å². The molecule has 0 saturated carbocycles. The first-order valence-corrected chi connectivity index (χ1v) is 7.66. The van der Waals surface area contributed by atoms with Gasteiger partial charge in [0, 0.05) is 25.0 Å². The fourth-order valence-electron chi connectivity index (χ4n) is 2.84. The highest BCUT2D eigenvalue weighted by Crippen LogP contribution is 2.33. The quantitative estimate of drug-likeness (QED) is 0.912. The molecule has 1 heterocycles. The van der Waals surface area contributed by atoms with Gasteiger partial charge in [-0.15, -0.1) is 0 Å². The normalized spacial score (nSPS) is 22.3. The Morgan fingerprint density at radius 3 is 2.59 bits per heavy atom. The van der Waals surface area contributed by atoms with Gasteiger partial charge < -0.3 is 20.1 Å². The van der Waals surface area contributed by atoms with Gasteiger partial charge in [0.05, 0.1) is 7.11 Å². The summed E-state index contributed by atoms with van der Waals surface area (Å²) in [5, 5.41) is 0. The van der Waals surface area contributed by atoms with Gasteiger partial charge in [-0.05, 0) is 38.8 Å². The molecule has 1 fully saturated rings. The summed E-state index contributed by atoms with van der Waals surface area (Å²) in [6.45, 7) is 6.73. The van der Waals surface area contributed by atoms with E-state index in [2.05, 4.69) is 0 Å². The van der Waals surface area contributed by atoms with Crippen LogP contribution < -0.4 is 10.5 Å². The lowest BCUT2D eigenvalue weighted by atomic mass is 9.88. The van der Waals surface area contributed by atoms with Crippen molar-refractivity contribution in [1.29, 1.82) is 0 Å². The van der Waals surface area contributed by atoms with Crippen molar-refractivity contribution in [2.75, 3.05) is 20.2 Å². The van der Waals surface area contributed by atoms with Crippen LogP contribution in [0.15, 0.2) is 24.3 Å². The second kappa shape index (κ2) is 6.57. The number of rotatable bonds is 2. The number of nitrogens with two attached hydrogens (primary N) is 1. The Morgan fingerprint density at radius 1 is 1.27 bits per heavy atom. The fourth-order valence-corrected chi connectivity index (χ4v) is 2.84. The van der Waals surface area contributed by atoms with Gasteiger partial charge in [-0.1, -0.05) is 18.2 Å². The van der Waals surface area contributed by atoms with E-state index in [1.54, 1.807) is 12.0 Å². The zero-order valence-electron chi connectivity index (χ0n) is 13.8. The number of ether oxygens (including phenoxy) is 2. The Bertz CT molecular complexity index is 525. The van der Waals surface area contributed by atoms with Crippen LogP contribution in [-0.2, 0) is 4.74 Å². The first-order chi connectivity index (χ1) is 10.3. The van der Waals surface area contributed by atoms with Gasteiger partial charge in [0.25, 0.3) is 0 Å². The minimum Gasteiger partial charge on any atom is -0.496 e. The Balaban J connectivity index is 2.16. The van der Waals surface area contributed by atoms with Gasteiger partial charge in [-0.25, -0.2) is 4.79 Å². The van der Waals surface area contributed by atoms with Crippen molar-refractivity contribution < 1.29 is 14.3 Å². The third-order valence-corrected chi connectivity index (χ3v) is 3.71. The summed E-state index contributed by atoms with van der Waals surface area (Å²) >= 11 is 0. The molecule has 1 aliphatic rings. The number of nitrogens with zero attached hydrogens (tertiary/aromatic N) is 1. The molecule has 2 rings (SSSR count). The van der Waals surface area contributed by atoms with Crippen LogP contribution in [0.4, 0.5) is 4.79 Å². The predicted molar refractivity (Wildman–Crippen MR) is 86.1 cm³/mol. The molecule has 0 bridgehead atoms. The number of para-hydroxylation sites is 1. The highest BCUT2D eigenvalue weighted by molar-refractivity contribution is 5.68. The maximum atomic E-state index is 12.3. The lowest BCUT2D eigenvalue weighted by Gasteiger charge is -2.37. The average molecular weight is 306 g/mol. The van der Waals surface area contributed by atoms with Gasteiger partial charge in [0.1, 0.15) is 11.4 Å². The van der Waals surface area contributed by atoms with Crippen LogP contribution in [-0.4, -0.2) is 42.8 Å². The SMILES string of the molecule is COc1ccccc1[C@@H]1C[C@@H](N)CN(C(=O)OC(C)(C)C)C1. The summed E-state index contributed by atoms with van der Waals surface area (Å²) in [7, 11) is 1.66. The molecule has 1 amide bonds. The lowest BCUT2D eigenvalue weighted by molar-refractivity contribution is 0.0180. The molecule has 0 unspecified atom stereocenters. The first-order valence-electron chi connectivity index (χ1n) is 7.66. The van der Waals surface area contributed by atoms with Gasteiger partial charge in [-0.2, -0.15) is 0 Å². The molecule has 22 heavy (non-hydrogen) atoms. The molecule has 0 spiro atoms. The number of hydrogen-bond donors (Lipinski definition) is 1. The van der Waals surface area contributed by atoms with Crippen molar-refractivity contribution in [2.45, 2.75) is 44.8 Å². The molecule has 5 nitrogen and oxygen atoms in total. The molecule has 1 aliphatic heterocycles. The van der Waals surface area contributed by atoms with E-state index in [0.29, 0.717) is 13.1 Å². The monoisotopic (exact) mass is 306 g/mol. The second-order valence-corrected chi connectivity index (χ2v) is 6.82. The van der Waals surface area contributed by atoms with Crippen molar-refractivity contribution in [3.8, 4) is 5.75 Å². The molecule has 0 aliphatic carbocycles. The third-order valence-electron chi connectivity index (χ3n) is 3.71. The van der Waals surface area contributed by atoms with Crippen LogP contribution in [0.5, 0.6) is 5.75 Å². The molecular weight excluding hydrogens is 280 g/mol. The summed E-state index contributed by atoms with van der Waals surface area (Å²) < 4.78 is 10.9. The Morgan fingerprint density at radius 2 is 1.95 bits per heavy atom. The molecule has 1 aromatic carbocycles. The lowest BCUT2D eigenvalue weighted by Crippen LogP contribution is -2.50. The van der Waals surface area contributed by atoms with Crippen LogP contribution >= 0.6 is 0 Å². The molecule has 1 aromatic rings. The molecule has 5 heteroatoms. The maximum Gasteiger partial charge on any atom is 0.410 e. The third kappa shape index (κ3) is 4.13. The summed E-state index contributed by atoms with van der Waals surface area (Å²) in [6.07, 6.45) is 0.530. The van der Waals surface area contributed by atoms with Crippen LogP contribution in [0.3, 0.4) is 0 Å². The first kappa shape index (κ1) is 16.6. The maximum absolute atomic E-state index is 12.3. The number of amides is 1. The van der Waals surface area contributed by atoms with Gasteiger partial charge in [-0.3, -0.25) is 0 Å². The summed E-state index contributed by atoms with van der Waals surface area (Å²) in [5.41, 5.74) is 6.75. The van der Waals surface area contributed by atoms with E-state index in [1.165, 1.54) is 0 Å². The minimum absolute atomic E-state index is 0.0591. The minimum atomic E-state index is -0.501. The number of hydrogen-bond acceptors (Lipinski definition) is 4. The van der Waals surface area contributed by atoms with E-state index in [1.807, 2.05) is 45.0 Å². The largest absolute Gasteiger partial charge is 0.496 e. The highest BCUT2D eigenvalue weighted by atomic mass is 16.6. The van der Waals surface area contributed by atoms with Crippen molar-refractivity contribution >= 4 is 6.09 Å². The van der Waals surface area contributed by atoms with E-state index < -0.39 is 5.60 Å². The Labute approximate surface area is 132 Å². The zero-order valence-corrected chi connectivity index (χ0v) is 13.8. The standard InChI is InChI=1S/C17H26N2O3/c1-17(2,3)22-16(20)19-10-12(9-13(18)11-19)14-7-5-6-8-15(14)21-4/h5-8,12-13H,9-11,18H2,1-4H3/t12-,13-/m1/s1. The Kier molecular flexibility index (Phi) is 4.96. The van der Waals surface area contributed by atoms with Gasteiger partial charge >= 0.3 is 6.09 Å². The van der Waals surface area contributed by atoms with E-state index in [9.17, 15) is 4.79 Å². The number of piperidine rings is 1. The molecule has 0 radical (unpaired) electrons. The van der Waals surface area contributed by atoms with Crippen molar-refractivity contribution in [2.24, 2.45) is 5.73 Å². The van der Waals surface area contributed by atoms with Gasteiger partial charge in [0.2, 0.25) is 0 Å². The summed E-state index contributed by atoms with van der Waals surface area (Å²) in [4.78, 5) is 14.0. The molecule has 2 atom stereocenters. The number of carbonyl (C=O) groups excluding carboxylic acids is 1. The van der Waals surface area contributed by atoms with Crippen LogP contribution in [0.2, 0.25) is 0 Å². The smallest absolute Gasteiger partial charge is 0.410 e. The molecular formula is C17H26N2O3. The number of benzene rings is 1. The van der Waals surface area contributed by atoms with E-state index >= 15 is 0 Å². The summed E-state index contributed by atoms with van der Waals surface area (Å²) in [6, 6.07) is 7.84.